The van der Waals surface area contributed by atoms with Crippen LogP contribution in [0.1, 0.15) is 27.1 Å². The van der Waals surface area contributed by atoms with Crippen molar-refractivity contribution in [3.05, 3.63) is 59.3 Å². The SMILES string of the molecule is O=C(c1cc[n+]([O-])cc1)N1CCCN(C(=O)c2cc[nH]c2)CC1. The molecule has 0 spiro atoms. The molecule has 0 atom stereocenters. The molecule has 3 rings (SSSR count). The van der Waals surface area contributed by atoms with Gasteiger partial charge in [-0.1, -0.05) is 0 Å². The second-order valence-electron chi connectivity index (χ2n) is 5.48. The molecule has 0 saturated carbocycles. The Bertz CT molecular complexity index is 682. The van der Waals surface area contributed by atoms with Crippen LogP contribution in [0.4, 0.5) is 0 Å². The van der Waals surface area contributed by atoms with E-state index in [-0.39, 0.29) is 11.8 Å². The van der Waals surface area contributed by atoms with Crippen LogP contribution in [-0.2, 0) is 0 Å². The zero-order chi connectivity index (χ0) is 16.2. The third-order valence-corrected chi connectivity index (χ3v) is 3.96. The Morgan fingerprint density at radius 1 is 0.957 bits per heavy atom. The maximum absolute atomic E-state index is 12.5. The molecule has 7 heteroatoms. The highest BCUT2D eigenvalue weighted by Gasteiger charge is 2.23. The fourth-order valence-corrected chi connectivity index (χ4v) is 2.70. The summed E-state index contributed by atoms with van der Waals surface area (Å²) in [6.07, 6.45) is 6.76. The zero-order valence-electron chi connectivity index (χ0n) is 12.6. The molecule has 2 aromatic rings. The number of amides is 2. The number of H-pyrrole nitrogens is 1. The van der Waals surface area contributed by atoms with Crippen LogP contribution in [-0.4, -0.2) is 52.8 Å². The van der Waals surface area contributed by atoms with Gasteiger partial charge in [-0.05, 0) is 12.5 Å². The van der Waals surface area contributed by atoms with E-state index in [4.69, 9.17) is 0 Å². The number of aromatic nitrogens is 2. The highest BCUT2D eigenvalue weighted by Crippen LogP contribution is 2.11. The summed E-state index contributed by atoms with van der Waals surface area (Å²) in [6, 6.07) is 4.78. The first-order valence-electron chi connectivity index (χ1n) is 7.55. The normalized spacial score (nSPS) is 15.3. The Morgan fingerprint density at radius 3 is 2.13 bits per heavy atom. The Hall–Kier alpha value is -2.83. The lowest BCUT2D eigenvalue weighted by atomic mass is 10.2. The van der Waals surface area contributed by atoms with Gasteiger partial charge in [0.1, 0.15) is 0 Å². The number of nitrogens with zero attached hydrogens (tertiary/aromatic N) is 3. The molecule has 120 valence electrons. The predicted molar refractivity (Wildman–Crippen MR) is 82.6 cm³/mol. The lowest BCUT2D eigenvalue weighted by molar-refractivity contribution is -0.605. The Balaban J connectivity index is 1.65. The van der Waals surface area contributed by atoms with Gasteiger partial charge in [0, 0.05) is 50.7 Å². The molecule has 1 aliphatic rings. The van der Waals surface area contributed by atoms with Crippen LogP contribution in [0.2, 0.25) is 0 Å². The number of hydrogen-bond acceptors (Lipinski definition) is 3. The van der Waals surface area contributed by atoms with E-state index < -0.39 is 0 Å². The summed E-state index contributed by atoms with van der Waals surface area (Å²) in [4.78, 5) is 31.2. The Kier molecular flexibility index (Phi) is 4.27. The number of nitrogens with one attached hydrogen (secondary N) is 1. The number of carbonyl (C=O) groups excluding carboxylic acids is 2. The summed E-state index contributed by atoms with van der Waals surface area (Å²) in [5, 5.41) is 11.1. The molecule has 0 unspecified atom stereocenters. The highest BCUT2D eigenvalue weighted by atomic mass is 16.5. The van der Waals surface area contributed by atoms with Crippen molar-refractivity contribution >= 4 is 11.8 Å². The van der Waals surface area contributed by atoms with Crippen molar-refractivity contribution in [1.82, 2.24) is 14.8 Å². The van der Waals surface area contributed by atoms with Gasteiger partial charge in [0.15, 0.2) is 12.4 Å². The highest BCUT2D eigenvalue weighted by molar-refractivity contribution is 5.95. The number of hydrogen-bond donors (Lipinski definition) is 1. The van der Waals surface area contributed by atoms with Crippen molar-refractivity contribution in [3.63, 3.8) is 0 Å². The summed E-state index contributed by atoms with van der Waals surface area (Å²) in [6.45, 7) is 2.22. The fourth-order valence-electron chi connectivity index (χ4n) is 2.70. The largest absolute Gasteiger partial charge is 0.619 e. The molecule has 0 bridgehead atoms. The topological polar surface area (TPSA) is 83.3 Å². The van der Waals surface area contributed by atoms with Crippen molar-refractivity contribution in [2.45, 2.75) is 6.42 Å². The van der Waals surface area contributed by atoms with E-state index in [9.17, 15) is 14.8 Å². The molecular weight excluding hydrogens is 296 g/mol. The van der Waals surface area contributed by atoms with Crippen LogP contribution in [0, 0.1) is 5.21 Å². The molecule has 1 fully saturated rings. The minimum atomic E-state index is -0.110. The third kappa shape index (κ3) is 3.33. The quantitative estimate of drug-likeness (QED) is 0.652. The molecule has 1 N–H and O–H groups in total. The molecule has 2 amide bonds. The Morgan fingerprint density at radius 2 is 1.57 bits per heavy atom. The summed E-state index contributed by atoms with van der Waals surface area (Å²) in [5.41, 5.74) is 1.12. The first kappa shape index (κ1) is 15.1. The number of rotatable bonds is 2. The molecule has 1 saturated heterocycles. The molecule has 7 nitrogen and oxygen atoms in total. The van der Waals surface area contributed by atoms with Crippen LogP contribution in [0.25, 0.3) is 0 Å². The van der Waals surface area contributed by atoms with Crippen molar-refractivity contribution in [2.75, 3.05) is 26.2 Å². The molecule has 1 aliphatic heterocycles. The minimum Gasteiger partial charge on any atom is -0.619 e. The van der Waals surface area contributed by atoms with Gasteiger partial charge < -0.3 is 20.0 Å². The van der Waals surface area contributed by atoms with Crippen LogP contribution in [0.5, 0.6) is 0 Å². The Labute approximate surface area is 133 Å². The van der Waals surface area contributed by atoms with Gasteiger partial charge in [0.2, 0.25) is 0 Å². The average molecular weight is 314 g/mol. The molecule has 0 aliphatic carbocycles. The monoisotopic (exact) mass is 314 g/mol. The first-order valence-corrected chi connectivity index (χ1v) is 7.55. The van der Waals surface area contributed by atoms with Crippen molar-refractivity contribution < 1.29 is 14.3 Å². The third-order valence-electron chi connectivity index (χ3n) is 3.96. The summed E-state index contributed by atoms with van der Waals surface area (Å²) in [7, 11) is 0. The maximum Gasteiger partial charge on any atom is 0.255 e. The lowest BCUT2D eigenvalue weighted by Gasteiger charge is -2.22. The van der Waals surface area contributed by atoms with Crippen molar-refractivity contribution in [1.29, 1.82) is 0 Å². The summed E-state index contributed by atoms with van der Waals surface area (Å²) >= 11 is 0. The van der Waals surface area contributed by atoms with E-state index in [1.165, 1.54) is 24.5 Å². The van der Waals surface area contributed by atoms with E-state index in [0.29, 0.717) is 42.0 Å². The smallest absolute Gasteiger partial charge is 0.255 e. The van der Waals surface area contributed by atoms with E-state index in [0.717, 1.165) is 6.42 Å². The standard InChI is InChI=1S/C16H18N4O3/c21-15(13-3-8-20(23)9-4-13)18-6-1-7-19(11-10-18)16(22)14-2-5-17-12-14/h2-5,8-9,12,17H,1,6-7,10-11H2. The van der Waals surface area contributed by atoms with E-state index >= 15 is 0 Å². The van der Waals surface area contributed by atoms with Gasteiger partial charge in [-0.3, -0.25) is 9.59 Å². The van der Waals surface area contributed by atoms with Crippen LogP contribution >= 0.6 is 0 Å². The van der Waals surface area contributed by atoms with Gasteiger partial charge >= 0.3 is 0 Å². The molecule has 0 aromatic carbocycles. The predicted octanol–water partition coefficient (Wildman–Crippen LogP) is 0.636. The van der Waals surface area contributed by atoms with Gasteiger partial charge in [-0.15, -0.1) is 0 Å². The number of carbonyl (C=O) groups is 2. The van der Waals surface area contributed by atoms with Crippen molar-refractivity contribution in [3.8, 4) is 0 Å². The van der Waals surface area contributed by atoms with E-state index in [1.807, 2.05) is 0 Å². The van der Waals surface area contributed by atoms with Gasteiger partial charge in [-0.2, -0.15) is 4.73 Å². The van der Waals surface area contributed by atoms with Gasteiger partial charge in [-0.25, -0.2) is 0 Å². The fraction of sp³-hybridized carbons (Fsp3) is 0.312. The van der Waals surface area contributed by atoms with Crippen LogP contribution in [0.15, 0.2) is 43.0 Å². The molecular formula is C16H18N4O3. The summed E-state index contributed by atoms with van der Waals surface area (Å²) in [5.74, 6) is -0.130. The average Bonchev–Trinajstić information content (AvgIpc) is 2.99. The van der Waals surface area contributed by atoms with E-state index in [2.05, 4.69) is 4.98 Å². The molecule has 2 aromatic heterocycles. The maximum atomic E-state index is 12.5. The summed E-state index contributed by atoms with van der Waals surface area (Å²) < 4.78 is 0.649. The van der Waals surface area contributed by atoms with Crippen LogP contribution < -0.4 is 4.73 Å². The molecule has 0 radical (unpaired) electrons. The second kappa shape index (κ2) is 6.51. The van der Waals surface area contributed by atoms with Crippen LogP contribution in [0.3, 0.4) is 0 Å². The van der Waals surface area contributed by atoms with Crippen molar-refractivity contribution in [2.24, 2.45) is 0 Å². The number of pyridine rings is 1. The zero-order valence-corrected chi connectivity index (χ0v) is 12.6. The van der Waals surface area contributed by atoms with Gasteiger partial charge in [0.25, 0.3) is 11.8 Å². The minimum absolute atomic E-state index is 0.0207. The lowest BCUT2D eigenvalue weighted by Crippen LogP contribution is -2.37. The second-order valence-corrected chi connectivity index (χ2v) is 5.48. The molecule has 23 heavy (non-hydrogen) atoms. The number of aromatic amines is 1. The first-order chi connectivity index (χ1) is 11.1. The van der Waals surface area contributed by atoms with Gasteiger partial charge in [0.05, 0.1) is 11.1 Å². The molecule has 3 heterocycles. The van der Waals surface area contributed by atoms with E-state index in [1.54, 1.807) is 28.3 Å².